The summed E-state index contributed by atoms with van der Waals surface area (Å²) in [5.41, 5.74) is 2.74. The maximum Gasteiger partial charge on any atom is 0.142 e. The van der Waals surface area contributed by atoms with Crippen LogP contribution in [0.25, 0.3) is 0 Å². The highest BCUT2D eigenvalue weighted by molar-refractivity contribution is 5.61. The molecule has 92 valence electrons. The molecule has 1 aromatic carbocycles. The molecule has 2 heteroatoms. The zero-order chi connectivity index (χ0) is 12.0. The fourth-order valence-corrected chi connectivity index (χ4v) is 2.81. The molecule has 0 spiro atoms. The second kappa shape index (κ2) is 3.66. The van der Waals surface area contributed by atoms with Crippen LogP contribution in [0.4, 0.5) is 5.69 Å². The van der Waals surface area contributed by atoms with Gasteiger partial charge in [-0.3, -0.25) is 0 Å². The maximum absolute atomic E-state index is 6.06. The number of nitrogens with one attached hydrogen (secondary N) is 1. The second-order valence-electron chi connectivity index (χ2n) is 6.30. The molecule has 1 heterocycles. The molecule has 17 heavy (non-hydrogen) atoms. The van der Waals surface area contributed by atoms with Crippen molar-refractivity contribution in [3.63, 3.8) is 0 Å². The summed E-state index contributed by atoms with van der Waals surface area (Å²) in [6, 6.07) is 7.09. The number of benzene rings is 1. The lowest BCUT2D eigenvalue weighted by Crippen LogP contribution is -2.37. The van der Waals surface area contributed by atoms with Gasteiger partial charge in [0.25, 0.3) is 0 Å². The minimum Gasteiger partial charge on any atom is -0.486 e. The number of anilines is 1. The maximum atomic E-state index is 6.06. The van der Waals surface area contributed by atoms with Crippen molar-refractivity contribution in [1.29, 1.82) is 0 Å². The van der Waals surface area contributed by atoms with E-state index in [4.69, 9.17) is 4.74 Å². The molecule has 0 aromatic heterocycles. The van der Waals surface area contributed by atoms with Crippen LogP contribution in [-0.4, -0.2) is 12.1 Å². The van der Waals surface area contributed by atoms with E-state index in [0.29, 0.717) is 12.1 Å². The highest BCUT2D eigenvalue weighted by Crippen LogP contribution is 2.39. The van der Waals surface area contributed by atoms with Crippen LogP contribution in [0.15, 0.2) is 18.2 Å². The average molecular weight is 231 g/mol. The van der Waals surface area contributed by atoms with E-state index in [2.05, 4.69) is 44.3 Å². The van der Waals surface area contributed by atoms with Crippen molar-refractivity contribution in [2.24, 2.45) is 0 Å². The topological polar surface area (TPSA) is 21.3 Å². The highest BCUT2D eigenvalue weighted by atomic mass is 16.5. The molecule has 1 aliphatic heterocycles. The highest BCUT2D eigenvalue weighted by Gasteiger charge is 2.33. The van der Waals surface area contributed by atoms with Crippen molar-refractivity contribution in [3.05, 3.63) is 23.8 Å². The standard InChI is InChI=1S/C15H21NO/c1-15(2,3)10-7-8-14-12(9-10)16-11-5-4-6-13(11)17-14/h7-9,11,13,16H,4-6H2,1-3H3. The van der Waals surface area contributed by atoms with Crippen LogP contribution in [0.3, 0.4) is 0 Å². The van der Waals surface area contributed by atoms with Gasteiger partial charge >= 0.3 is 0 Å². The van der Waals surface area contributed by atoms with Crippen LogP contribution >= 0.6 is 0 Å². The molecule has 1 aromatic rings. The number of ether oxygens (including phenoxy) is 1. The third-order valence-corrected chi connectivity index (χ3v) is 3.92. The van der Waals surface area contributed by atoms with Gasteiger partial charge in [-0.1, -0.05) is 26.8 Å². The van der Waals surface area contributed by atoms with E-state index in [-0.39, 0.29) is 5.41 Å². The monoisotopic (exact) mass is 231 g/mol. The van der Waals surface area contributed by atoms with Gasteiger partial charge in [0.15, 0.2) is 0 Å². The summed E-state index contributed by atoms with van der Waals surface area (Å²) in [5, 5.41) is 3.65. The molecule has 0 saturated heterocycles. The summed E-state index contributed by atoms with van der Waals surface area (Å²) in [6.45, 7) is 6.74. The number of fused-ring (bicyclic) bond motifs is 2. The smallest absolute Gasteiger partial charge is 0.142 e. The van der Waals surface area contributed by atoms with Crippen LogP contribution in [0.5, 0.6) is 5.75 Å². The first-order valence-electron chi connectivity index (χ1n) is 6.62. The molecule has 2 unspecified atom stereocenters. The Bertz CT molecular complexity index is 433. The minimum atomic E-state index is 0.198. The first kappa shape index (κ1) is 10.9. The average Bonchev–Trinajstić information content (AvgIpc) is 2.70. The zero-order valence-corrected chi connectivity index (χ0v) is 10.9. The predicted octanol–water partition coefficient (Wildman–Crippen LogP) is 3.71. The summed E-state index contributed by atoms with van der Waals surface area (Å²) >= 11 is 0. The Morgan fingerprint density at radius 3 is 2.82 bits per heavy atom. The molecule has 0 amide bonds. The summed E-state index contributed by atoms with van der Waals surface area (Å²) in [6.07, 6.45) is 4.10. The Labute approximate surface area is 103 Å². The predicted molar refractivity (Wildman–Crippen MR) is 70.8 cm³/mol. The molecule has 1 aliphatic carbocycles. The van der Waals surface area contributed by atoms with Gasteiger partial charge in [0, 0.05) is 0 Å². The normalized spacial score (nSPS) is 26.8. The Kier molecular flexibility index (Phi) is 2.35. The van der Waals surface area contributed by atoms with E-state index in [0.717, 1.165) is 5.75 Å². The van der Waals surface area contributed by atoms with Gasteiger partial charge in [0.05, 0.1) is 11.7 Å². The van der Waals surface area contributed by atoms with E-state index in [1.54, 1.807) is 0 Å². The Morgan fingerprint density at radius 1 is 1.24 bits per heavy atom. The first-order chi connectivity index (χ1) is 8.04. The van der Waals surface area contributed by atoms with E-state index >= 15 is 0 Å². The third-order valence-electron chi connectivity index (χ3n) is 3.92. The van der Waals surface area contributed by atoms with Crippen molar-refractivity contribution < 1.29 is 4.74 Å². The Morgan fingerprint density at radius 2 is 2.06 bits per heavy atom. The minimum absolute atomic E-state index is 0.198. The Balaban J connectivity index is 1.94. The third kappa shape index (κ3) is 1.90. The lowest BCUT2D eigenvalue weighted by molar-refractivity contribution is 0.188. The van der Waals surface area contributed by atoms with Crippen molar-refractivity contribution in [2.45, 2.75) is 57.6 Å². The molecule has 1 N–H and O–H groups in total. The van der Waals surface area contributed by atoms with Crippen molar-refractivity contribution >= 4 is 5.69 Å². The van der Waals surface area contributed by atoms with E-state index in [9.17, 15) is 0 Å². The van der Waals surface area contributed by atoms with Gasteiger partial charge < -0.3 is 10.1 Å². The summed E-state index contributed by atoms with van der Waals surface area (Å²) < 4.78 is 6.06. The molecule has 2 atom stereocenters. The molecule has 1 saturated carbocycles. The van der Waals surface area contributed by atoms with Gasteiger partial charge in [0.1, 0.15) is 11.9 Å². The first-order valence-corrected chi connectivity index (χ1v) is 6.62. The fraction of sp³-hybridized carbons (Fsp3) is 0.600. The molecular formula is C15H21NO. The van der Waals surface area contributed by atoms with Crippen LogP contribution in [0.1, 0.15) is 45.6 Å². The summed E-state index contributed by atoms with van der Waals surface area (Å²) in [5.74, 6) is 1.03. The van der Waals surface area contributed by atoms with Crippen LogP contribution in [0.2, 0.25) is 0 Å². The summed E-state index contributed by atoms with van der Waals surface area (Å²) in [4.78, 5) is 0. The van der Waals surface area contributed by atoms with E-state index < -0.39 is 0 Å². The molecule has 2 aliphatic rings. The summed E-state index contributed by atoms with van der Waals surface area (Å²) in [7, 11) is 0. The molecule has 2 nitrogen and oxygen atoms in total. The SMILES string of the molecule is CC(C)(C)c1ccc2c(c1)NC1CCCC1O2. The van der Waals surface area contributed by atoms with Crippen molar-refractivity contribution in [1.82, 2.24) is 0 Å². The quantitative estimate of drug-likeness (QED) is 0.735. The number of hydrogen-bond acceptors (Lipinski definition) is 2. The lowest BCUT2D eigenvalue weighted by Gasteiger charge is -2.32. The molecule has 1 fully saturated rings. The zero-order valence-electron chi connectivity index (χ0n) is 10.9. The second-order valence-corrected chi connectivity index (χ2v) is 6.30. The van der Waals surface area contributed by atoms with Crippen LogP contribution in [-0.2, 0) is 5.41 Å². The lowest BCUT2D eigenvalue weighted by atomic mass is 9.86. The van der Waals surface area contributed by atoms with E-state index in [1.807, 2.05) is 0 Å². The molecular weight excluding hydrogens is 210 g/mol. The Hall–Kier alpha value is -1.18. The van der Waals surface area contributed by atoms with E-state index in [1.165, 1.54) is 30.5 Å². The van der Waals surface area contributed by atoms with Gasteiger partial charge in [0.2, 0.25) is 0 Å². The van der Waals surface area contributed by atoms with Gasteiger partial charge in [-0.05, 0) is 42.4 Å². The number of rotatable bonds is 0. The fourth-order valence-electron chi connectivity index (χ4n) is 2.81. The number of hydrogen-bond donors (Lipinski definition) is 1. The van der Waals surface area contributed by atoms with Gasteiger partial charge in [-0.25, -0.2) is 0 Å². The molecule has 0 bridgehead atoms. The van der Waals surface area contributed by atoms with Crippen LogP contribution in [0, 0.1) is 0 Å². The van der Waals surface area contributed by atoms with Crippen molar-refractivity contribution in [3.8, 4) is 5.75 Å². The van der Waals surface area contributed by atoms with Gasteiger partial charge in [-0.2, -0.15) is 0 Å². The molecule has 3 rings (SSSR count). The molecule has 0 radical (unpaired) electrons. The van der Waals surface area contributed by atoms with Gasteiger partial charge in [-0.15, -0.1) is 0 Å². The van der Waals surface area contributed by atoms with Crippen molar-refractivity contribution in [2.75, 3.05) is 5.32 Å². The van der Waals surface area contributed by atoms with Crippen LogP contribution < -0.4 is 10.1 Å². The largest absolute Gasteiger partial charge is 0.486 e.